The molecule has 0 aromatic carbocycles. The summed E-state index contributed by atoms with van der Waals surface area (Å²) in [6.07, 6.45) is 1.75. The SMILES string of the molecule is CC(CO)N(C)C(=O)NC1(C(=O)O)CCC1. The van der Waals surface area contributed by atoms with Gasteiger partial charge < -0.3 is 20.4 Å². The molecule has 0 spiro atoms. The standard InChI is InChI=1S/C10H18N2O4/c1-7(6-13)12(2)9(16)11-10(8(14)15)4-3-5-10/h7,13H,3-6H2,1-2H3,(H,11,16)(H,14,15). The zero-order chi connectivity index (χ0) is 12.3. The van der Waals surface area contributed by atoms with E-state index in [1.54, 1.807) is 6.92 Å². The first-order valence-electron chi connectivity index (χ1n) is 5.32. The molecule has 6 heteroatoms. The van der Waals surface area contributed by atoms with Gasteiger partial charge in [0, 0.05) is 7.05 Å². The van der Waals surface area contributed by atoms with Crippen LogP contribution < -0.4 is 5.32 Å². The van der Waals surface area contributed by atoms with Gasteiger partial charge in [0.15, 0.2) is 0 Å². The van der Waals surface area contributed by atoms with Crippen LogP contribution in [-0.4, -0.2) is 52.3 Å². The maximum Gasteiger partial charge on any atom is 0.329 e. The zero-order valence-electron chi connectivity index (χ0n) is 9.56. The van der Waals surface area contributed by atoms with E-state index in [4.69, 9.17) is 10.2 Å². The fourth-order valence-corrected chi connectivity index (χ4v) is 1.54. The first-order valence-corrected chi connectivity index (χ1v) is 5.32. The Balaban J connectivity index is 2.59. The van der Waals surface area contributed by atoms with Crippen molar-refractivity contribution < 1.29 is 19.8 Å². The van der Waals surface area contributed by atoms with Crippen molar-refractivity contribution in [2.75, 3.05) is 13.7 Å². The van der Waals surface area contributed by atoms with Crippen LogP contribution >= 0.6 is 0 Å². The maximum atomic E-state index is 11.7. The van der Waals surface area contributed by atoms with Crippen LogP contribution in [0.5, 0.6) is 0 Å². The van der Waals surface area contributed by atoms with Crippen LogP contribution in [0.3, 0.4) is 0 Å². The molecule has 1 aliphatic rings. The summed E-state index contributed by atoms with van der Waals surface area (Å²) in [6, 6.07) is -0.783. The average molecular weight is 230 g/mol. The minimum absolute atomic E-state index is 0.149. The molecule has 0 heterocycles. The number of hydrogen-bond acceptors (Lipinski definition) is 3. The van der Waals surface area contributed by atoms with Crippen molar-refractivity contribution in [1.29, 1.82) is 0 Å². The molecule has 1 aliphatic carbocycles. The second kappa shape index (κ2) is 4.69. The number of nitrogens with zero attached hydrogens (tertiary/aromatic N) is 1. The van der Waals surface area contributed by atoms with Crippen molar-refractivity contribution in [3.05, 3.63) is 0 Å². The summed E-state index contributed by atoms with van der Waals surface area (Å²) in [5, 5.41) is 20.4. The molecule has 1 atom stereocenters. The Kier molecular flexibility index (Phi) is 3.74. The highest BCUT2D eigenvalue weighted by Crippen LogP contribution is 2.32. The summed E-state index contributed by atoms with van der Waals surface area (Å²) >= 11 is 0. The van der Waals surface area contributed by atoms with Gasteiger partial charge in [-0.15, -0.1) is 0 Å². The largest absolute Gasteiger partial charge is 0.480 e. The van der Waals surface area contributed by atoms with Crippen LogP contribution in [0.2, 0.25) is 0 Å². The van der Waals surface area contributed by atoms with Gasteiger partial charge in [-0.3, -0.25) is 0 Å². The molecule has 1 saturated carbocycles. The number of carbonyl (C=O) groups is 2. The first-order chi connectivity index (χ1) is 7.43. The lowest BCUT2D eigenvalue weighted by Gasteiger charge is -2.39. The molecule has 2 amide bonds. The second-order valence-electron chi connectivity index (χ2n) is 4.31. The Morgan fingerprint density at radius 3 is 2.38 bits per heavy atom. The van der Waals surface area contributed by atoms with E-state index in [1.165, 1.54) is 11.9 Å². The van der Waals surface area contributed by atoms with E-state index in [0.717, 1.165) is 6.42 Å². The minimum atomic E-state index is -1.10. The third kappa shape index (κ3) is 2.27. The van der Waals surface area contributed by atoms with Crippen LogP contribution in [-0.2, 0) is 4.79 Å². The van der Waals surface area contributed by atoms with Crippen molar-refractivity contribution >= 4 is 12.0 Å². The molecule has 3 N–H and O–H groups in total. The lowest BCUT2D eigenvalue weighted by Crippen LogP contribution is -2.62. The van der Waals surface area contributed by atoms with E-state index >= 15 is 0 Å². The highest BCUT2D eigenvalue weighted by Gasteiger charge is 2.46. The molecule has 92 valence electrons. The third-order valence-corrected chi connectivity index (χ3v) is 3.21. The lowest BCUT2D eigenvalue weighted by molar-refractivity contribution is -0.148. The number of carboxylic acid groups (broad SMARTS) is 1. The molecule has 6 nitrogen and oxygen atoms in total. The predicted molar refractivity (Wildman–Crippen MR) is 57.1 cm³/mol. The fraction of sp³-hybridized carbons (Fsp3) is 0.800. The normalized spacial score (nSPS) is 19.4. The Labute approximate surface area is 94.2 Å². The second-order valence-corrected chi connectivity index (χ2v) is 4.31. The Bertz CT molecular complexity index is 289. The van der Waals surface area contributed by atoms with Crippen LogP contribution in [0.4, 0.5) is 4.79 Å². The number of carboxylic acids is 1. The Hall–Kier alpha value is -1.30. The van der Waals surface area contributed by atoms with Crippen molar-refractivity contribution in [2.45, 2.75) is 37.8 Å². The molecular formula is C10H18N2O4. The summed E-state index contributed by atoms with van der Waals surface area (Å²) in [5.41, 5.74) is -1.10. The summed E-state index contributed by atoms with van der Waals surface area (Å²) in [5.74, 6) is -0.989. The topological polar surface area (TPSA) is 89.9 Å². The summed E-state index contributed by atoms with van der Waals surface area (Å²) < 4.78 is 0. The summed E-state index contributed by atoms with van der Waals surface area (Å²) in [4.78, 5) is 24.0. The average Bonchev–Trinajstić information content (AvgIpc) is 2.20. The van der Waals surface area contributed by atoms with Crippen molar-refractivity contribution in [3.63, 3.8) is 0 Å². The van der Waals surface area contributed by atoms with E-state index < -0.39 is 17.5 Å². The number of urea groups is 1. The zero-order valence-corrected chi connectivity index (χ0v) is 9.56. The van der Waals surface area contributed by atoms with E-state index in [9.17, 15) is 9.59 Å². The van der Waals surface area contributed by atoms with Crippen LogP contribution in [0.15, 0.2) is 0 Å². The highest BCUT2D eigenvalue weighted by atomic mass is 16.4. The first kappa shape index (κ1) is 12.8. The summed E-state index contributed by atoms with van der Waals surface area (Å²) in [6.45, 7) is 1.54. The van der Waals surface area contributed by atoms with Crippen molar-refractivity contribution in [3.8, 4) is 0 Å². The quantitative estimate of drug-likeness (QED) is 0.635. The number of nitrogens with one attached hydrogen (secondary N) is 1. The van der Waals surface area contributed by atoms with Gasteiger partial charge in [-0.25, -0.2) is 9.59 Å². The highest BCUT2D eigenvalue weighted by molar-refractivity contribution is 5.87. The monoisotopic (exact) mass is 230 g/mol. The molecule has 0 radical (unpaired) electrons. The third-order valence-electron chi connectivity index (χ3n) is 3.21. The van der Waals surface area contributed by atoms with Gasteiger partial charge in [0.25, 0.3) is 0 Å². The number of aliphatic hydroxyl groups excluding tert-OH is 1. The molecule has 0 saturated heterocycles. The minimum Gasteiger partial charge on any atom is -0.480 e. The smallest absolute Gasteiger partial charge is 0.329 e. The van der Waals surface area contributed by atoms with E-state index in [-0.39, 0.29) is 12.6 Å². The van der Waals surface area contributed by atoms with Crippen molar-refractivity contribution in [1.82, 2.24) is 10.2 Å². The lowest BCUT2D eigenvalue weighted by atomic mass is 9.77. The molecule has 1 rings (SSSR count). The van der Waals surface area contributed by atoms with Crippen LogP contribution in [0.1, 0.15) is 26.2 Å². The van der Waals surface area contributed by atoms with Gasteiger partial charge in [0.05, 0.1) is 12.6 Å². The van der Waals surface area contributed by atoms with Gasteiger partial charge in [-0.2, -0.15) is 0 Å². The summed E-state index contributed by atoms with van der Waals surface area (Å²) in [7, 11) is 1.53. The Morgan fingerprint density at radius 1 is 1.50 bits per heavy atom. The molecule has 16 heavy (non-hydrogen) atoms. The number of aliphatic hydroxyl groups is 1. The molecule has 0 aliphatic heterocycles. The Morgan fingerprint density at radius 2 is 2.06 bits per heavy atom. The predicted octanol–water partition coefficient (Wildman–Crippen LogP) is 0.0159. The molecule has 0 aromatic rings. The fourth-order valence-electron chi connectivity index (χ4n) is 1.54. The van der Waals surface area contributed by atoms with E-state index in [1.807, 2.05) is 0 Å². The number of amides is 2. The number of aliphatic carboxylic acids is 1. The van der Waals surface area contributed by atoms with Crippen LogP contribution in [0, 0.1) is 0 Å². The molecule has 1 fully saturated rings. The number of rotatable bonds is 4. The van der Waals surface area contributed by atoms with Gasteiger partial charge in [-0.1, -0.05) is 0 Å². The van der Waals surface area contributed by atoms with E-state index in [0.29, 0.717) is 12.8 Å². The maximum absolute atomic E-state index is 11.7. The van der Waals surface area contributed by atoms with Crippen LogP contribution in [0.25, 0.3) is 0 Å². The molecule has 1 unspecified atom stereocenters. The van der Waals surface area contributed by atoms with Gasteiger partial charge in [0.2, 0.25) is 0 Å². The van der Waals surface area contributed by atoms with Gasteiger partial charge >= 0.3 is 12.0 Å². The van der Waals surface area contributed by atoms with Gasteiger partial charge in [-0.05, 0) is 26.2 Å². The number of likely N-dealkylation sites (N-methyl/N-ethyl adjacent to an activating group) is 1. The molecular weight excluding hydrogens is 212 g/mol. The number of carbonyl (C=O) groups excluding carboxylic acids is 1. The van der Waals surface area contributed by atoms with Crippen molar-refractivity contribution in [2.24, 2.45) is 0 Å². The molecule has 0 aromatic heterocycles. The number of hydrogen-bond donors (Lipinski definition) is 3. The van der Waals surface area contributed by atoms with Gasteiger partial charge in [0.1, 0.15) is 5.54 Å². The molecule has 0 bridgehead atoms. The van der Waals surface area contributed by atoms with E-state index in [2.05, 4.69) is 5.32 Å².